The molecule has 0 atom stereocenters. The monoisotopic (exact) mass is 439 g/mol. The van der Waals surface area contributed by atoms with Crippen molar-refractivity contribution in [1.82, 2.24) is 15.1 Å². The summed E-state index contributed by atoms with van der Waals surface area (Å²) in [5.41, 5.74) is 1.25. The zero-order chi connectivity index (χ0) is 21.6. The van der Waals surface area contributed by atoms with E-state index in [1.165, 1.54) is 0 Å². The Morgan fingerprint density at radius 1 is 1.29 bits per heavy atom. The molecule has 1 aromatic heterocycles. The Morgan fingerprint density at radius 3 is 2.87 bits per heavy atom. The minimum absolute atomic E-state index is 0.0553. The predicted molar refractivity (Wildman–Crippen MR) is 116 cm³/mol. The number of likely N-dealkylation sites (tertiary alicyclic amines) is 1. The number of aromatic amines is 1. The molecule has 31 heavy (non-hydrogen) atoms. The van der Waals surface area contributed by atoms with E-state index >= 15 is 0 Å². The van der Waals surface area contributed by atoms with E-state index in [9.17, 15) is 9.59 Å². The molecule has 8 heteroatoms. The van der Waals surface area contributed by atoms with Gasteiger partial charge in [-0.3, -0.25) is 14.7 Å². The highest BCUT2D eigenvalue weighted by molar-refractivity contribution is 6.35. The van der Waals surface area contributed by atoms with Crippen LogP contribution in [0.2, 0.25) is 5.02 Å². The Kier molecular flexibility index (Phi) is 4.85. The summed E-state index contributed by atoms with van der Waals surface area (Å²) in [6.45, 7) is 3.47. The number of carbonyl (C=O) groups is 2. The summed E-state index contributed by atoms with van der Waals surface area (Å²) >= 11 is 6.29. The first kappa shape index (κ1) is 19.9. The van der Waals surface area contributed by atoms with Gasteiger partial charge in [-0.25, -0.2) is 0 Å². The summed E-state index contributed by atoms with van der Waals surface area (Å²) < 4.78 is 11.8. The van der Waals surface area contributed by atoms with Gasteiger partial charge in [-0.1, -0.05) is 11.6 Å². The number of hydrogen-bond donors (Lipinski definition) is 1. The van der Waals surface area contributed by atoms with Crippen LogP contribution in [0.4, 0.5) is 0 Å². The van der Waals surface area contributed by atoms with Crippen molar-refractivity contribution in [1.29, 1.82) is 0 Å². The molecule has 0 unspecified atom stereocenters. The summed E-state index contributed by atoms with van der Waals surface area (Å²) in [5.74, 6) is 1.24. The van der Waals surface area contributed by atoms with Gasteiger partial charge in [0.1, 0.15) is 17.1 Å². The van der Waals surface area contributed by atoms with Crippen molar-refractivity contribution in [3.8, 4) is 11.5 Å². The fourth-order valence-corrected chi connectivity index (χ4v) is 4.71. The minimum Gasteiger partial charge on any atom is -0.494 e. The lowest BCUT2D eigenvalue weighted by Crippen LogP contribution is -2.52. The maximum absolute atomic E-state index is 13.1. The summed E-state index contributed by atoms with van der Waals surface area (Å²) in [5, 5.41) is 8.08. The number of rotatable bonds is 3. The normalized spacial score (nSPS) is 17.5. The summed E-state index contributed by atoms with van der Waals surface area (Å²) in [6.07, 6.45) is 3.15. The van der Waals surface area contributed by atoms with Gasteiger partial charge in [0.25, 0.3) is 5.91 Å². The van der Waals surface area contributed by atoms with Crippen LogP contribution in [-0.2, 0) is 0 Å². The van der Waals surface area contributed by atoms with E-state index in [2.05, 4.69) is 10.2 Å². The molecule has 2 aliphatic rings. The number of ether oxygens (including phenoxy) is 2. The maximum Gasteiger partial charge on any atom is 0.253 e. The van der Waals surface area contributed by atoms with E-state index in [0.29, 0.717) is 66.6 Å². The van der Waals surface area contributed by atoms with E-state index in [0.717, 1.165) is 10.9 Å². The first-order valence-corrected chi connectivity index (χ1v) is 10.8. The van der Waals surface area contributed by atoms with Crippen LogP contribution in [0, 0.1) is 0 Å². The van der Waals surface area contributed by atoms with Crippen LogP contribution in [0.3, 0.4) is 0 Å². The summed E-state index contributed by atoms with van der Waals surface area (Å²) in [6, 6.07) is 8.84. The highest BCUT2D eigenvalue weighted by Gasteiger charge is 2.44. The number of carbonyl (C=O) groups excluding carboxylic acids is 2. The molecule has 1 N–H and O–H groups in total. The first-order chi connectivity index (χ1) is 15.0. The van der Waals surface area contributed by atoms with Crippen LogP contribution >= 0.6 is 11.6 Å². The fraction of sp³-hybridized carbons (Fsp3) is 0.348. The quantitative estimate of drug-likeness (QED) is 0.659. The number of benzene rings is 2. The van der Waals surface area contributed by atoms with E-state index < -0.39 is 5.60 Å². The average Bonchev–Trinajstić information content (AvgIpc) is 3.24. The van der Waals surface area contributed by atoms with E-state index in [-0.39, 0.29) is 11.7 Å². The van der Waals surface area contributed by atoms with Gasteiger partial charge in [-0.05, 0) is 37.3 Å². The number of H-pyrrole nitrogens is 1. The number of piperidine rings is 1. The Balaban J connectivity index is 1.31. The number of amides is 1. The third kappa shape index (κ3) is 3.53. The maximum atomic E-state index is 13.1. The highest BCUT2D eigenvalue weighted by Crippen LogP contribution is 2.41. The topological polar surface area (TPSA) is 84.5 Å². The van der Waals surface area contributed by atoms with Crippen molar-refractivity contribution >= 4 is 34.2 Å². The predicted octanol–water partition coefficient (Wildman–Crippen LogP) is 4.26. The number of hydrogen-bond acceptors (Lipinski definition) is 5. The second-order valence-corrected chi connectivity index (χ2v) is 8.47. The molecule has 5 rings (SSSR count). The van der Waals surface area contributed by atoms with E-state index in [1.54, 1.807) is 35.4 Å². The molecule has 0 saturated carbocycles. The lowest BCUT2D eigenvalue weighted by molar-refractivity contribution is -0.00577. The molecule has 2 aromatic carbocycles. The summed E-state index contributed by atoms with van der Waals surface area (Å²) in [7, 11) is 0. The molecule has 1 spiro atoms. The van der Waals surface area contributed by atoms with Crippen LogP contribution in [0.25, 0.3) is 10.9 Å². The van der Waals surface area contributed by atoms with Crippen LogP contribution in [0.1, 0.15) is 46.9 Å². The third-order valence-electron chi connectivity index (χ3n) is 6.08. The van der Waals surface area contributed by atoms with Gasteiger partial charge < -0.3 is 14.4 Å². The molecule has 0 aliphatic carbocycles. The van der Waals surface area contributed by atoms with E-state index in [1.807, 2.05) is 13.0 Å². The standard InChI is InChI=1S/C23H22ClN3O4/c1-2-30-16-3-4-20-17(11-16)19(28)12-23(31-20)5-7-27(8-6-23)22(29)14-9-15-13-25-26-21(15)18(24)10-14/h3-4,9-11,13H,2,5-8,12H2,1H3,(H,25,26). The molecule has 3 aromatic rings. The Bertz CT molecular complexity index is 1180. The number of fused-ring (bicyclic) bond motifs is 2. The lowest BCUT2D eigenvalue weighted by Gasteiger charge is -2.44. The number of nitrogens with one attached hydrogen (secondary N) is 1. The zero-order valence-electron chi connectivity index (χ0n) is 17.1. The molecule has 160 valence electrons. The molecule has 1 saturated heterocycles. The van der Waals surface area contributed by atoms with Crippen molar-refractivity contribution in [3.05, 3.63) is 52.7 Å². The van der Waals surface area contributed by atoms with Crippen LogP contribution < -0.4 is 9.47 Å². The molecule has 7 nitrogen and oxygen atoms in total. The van der Waals surface area contributed by atoms with Crippen LogP contribution in [0.15, 0.2) is 36.5 Å². The summed E-state index contributed by atoms with van der Waals surface area (Å²) in [4.78, 5) is 27.7. The second kappa shape index (κ2) is 7.57. The minimum atomic E-state index is -0.569. The van der Waals surface area contributed by atoms with Gasteiger partial charge in [-0.15, -0.1) is 0 Å². The fourth-order valence-electron chi connectivity index (χ4n) is 4.45. The molecule has 0 radical (unpaired) electrons. The molecular weight excluding hydrogens is 418 g/mol. The number of Topliss-reactive ketones (excluding diaryl/α,β-unsaturated/α-hetero) is 1. The smallest absolute Gasteiger partial charge is 0.253 e. The molecule has 2 aliphatic heterocycles. The Morgan fingerprint density at radius 2 is 2.10 bits per heavy atom. The first-order valence-electron chi connectivity index (χ1n) is 10.4. The van der Waals surface area contributed by atoms with Gasteiger partial charge in [0.15, 0.2) is 5.78 Å². The molecule has 0 bridgehead atoms. The number of nitrogens with zero attached hydrogens (tertiary/aromatic N) is 2. The van der Waals surface area contributed by atoms with Crippen molar-refractivity contribution in [2.45, 2.75) is 31.8 Å². The van der Waals surface area contributed by atoms with Crippen LogP contribution in [-0.4, -0.2) is 52.1 Å². The molecule has 1 amide bonds. The number of aromatic nitrogens is 2. The lowest BCUT2D eigenvalue weighted by atomic mass is 9.82. The highest BCUT2D eigenvalue weighted by atomic mass is 35.5. The number of halogens is 1. The molecule has 1 fully saturated rings. The van der Waals surface area contributed by atoms with Gasteiger partial charge in [0.2, 0.25) is 0 Å². The van der Waals surface area contributed by atoms with Crippen molar-refractivity contribution in [3.63, 3.8) is 0 Å². The Labute approximate surface area is 184 Å². The zero-order valence-corrected chi connectivity index (χ0v) is 17.9. The molecular formula is C23H22ClN3O4. The van der Waals surface area contributed by atoms with Gasteiger partial charge in [0, 0.05) is 36.9 Å². The second-order valence-electron chi connectivity index (χ2n) is 8.06. The molecule has 3 heterocycles. The van der Waals surface area contributed by atoms with Crippen molar-refractivity contribution < 1.29 is 19.1 Å². The largest absolute Gasteiger partial charge is 0.494 e. The van der Waals surface area contributed by atoms with E-state index in [4.69, 9.17) is 21.1 Å². The SMILES string of the molecule is CCOc1ccc2c(c1)C(=O)CC1(CCN(C(=O)c3cc(Cl)c4[nH]ncc4c3)CC1)O2. The third-order valence-corrected chi connectivity index (χ3v) is 6.38. The Hall–Kier alpha value is -3.06. The van der Waals surface area contributed by atoms with Crippen LogP contribution in [0.5, 0.6) is 11.5 Å². The van der Waals surface area contributed by atoms with Crippen molar-refractivity contribution in [2.24, 2.45) is 0 Å². The van der Waals surface area contributed by atoms with Gasteiger partial charge in [-0.2, -0.15) is 5.10 Å². The average molecular weight is 440 g/mol. The number of ketones is 1. The van der Waals surface area contributed by atoms with Gasteiger partial charge in [0.05, 0.1) is 35.3 Å². The van der Waals surface area contributed by atoms with Crippen molar-refractivity contribution in [2.75, 3.05) is 19.7 Å². The van der Waals surface area contributed by atoms with Gasteiger partial charge >= 0.3 is 0 Å².